The standard InChI is InChI=1S/C24H39BN4O6/c1-16(28-21(31)33-22(2,3)4)19(30)29-11-9-10-17(14-29)15-32-20-26-12-18(13-27-20)25-34-23(5,6)24(7,8)35-25/h12-13,16-17H,9-11,14-15H2,1-8H3,(H,28,31)/t16-,17-/m1/s1. The molecule has 1 N–H and O–H groups in total. The lowest BCUT2D eigenvalue weighted by molar-refractivity contribution is -0.135. The maximum atomic E-state index is 12.8. The van der Waals surface area contributed by atoms with Crippen LogP contribution >= 0.6 is 0 Å². The molecule has 0 saturated carbocycles. The van der Waals surface area contributed by atoms with E-state index in [0.717, 1.165) is 18.3 Å². The first kappa shape index (κ1) is 27.2. The molecule has 194 valence electrons. The van der Waals surface area contributed by atoms with Crippen molar-refractivity contribution in [2.45, 2.75) is 91.1 Å². The summed E-state index contributed by atoms with van der Waals surface area (Å²) in [6, 6.07) is -0.399. The van der Waals surface area contributed by atoms with Crippen molar-refractivity contribution in [1.82, 2.24) is 20.2 Å². The number of nitrogens with zero attached hydrogens (tertiary/aromatic N) is 3. The van der Waals surface area contributed by atoms with Crippen molar-refractivity contribution < 1.29 is 28.4 Å². The van der Waals surface area contributed by atoms with Crippen LogP contribution in [0.25, 0.3) is 0 Å². The Kier molecular flexibility index (Phi) is 8.01. The van der Waals surface area contributed by atoms with E-state index in [2.05, 4.69) is 15.3 Å². The van der Waals surface area contributed by atoms with Gasteiger partial charge in [-0.05, 0) is 68.2 Å². The predicted molar refractivity (Wildman–Crippen MR) is 131 cm³/mol. The van der Waals surface area contributed by atoms with E-state index < -0.39 is 36.1 Å². The predicted octanol–water partition coefficient (Wildman–Crippen LogP) is 2.31. The second kappa shape index (κ2) is 10.3. The van der Waals surface area contributed by atoms with Crippen LogP contribution in [0.15, 0.2) is 12.4 Å². The molecule has 10 nitrogen and oxygen atoms in total. The van der Waals surface area contributed by atoms with Gasteiger partial charge in [-0.25, -0.2) is 14.8 Å². The maximum Gasteiger partial charge on any atom is 0.498 e. The van der Waals surface area contributed by atoms with Crippen LogP contribution in [0.1, 0.15) is 68.2 Å². The van der Waals surface area contributed by atoms with Crippen LogP contribution in [-0.2, 0) is 18.8 Å². The highest BCUT2D eigenvalue weighted by atomic mass is 16.7. The molecule has 0 radical (unpaired) electrons. The van der Waals surface area contributed by atoms with Crippen molar-refractivity contribution in [2.24, 2.45) is 5.92 Å². The van der Waals surface area contributed by atoms with Crippen molar-refractivity contribution in [1.29, 1.82) is 0 Å². The summed E-state index contributed by atoms with van der Waals surface area (Å²) in [6.07, 6.45) is 4.51. The van der Waals surface area contributed by atoms with Crippen molar-refractivity contribution in [3.63, 3.8) is 0 Å². The van der Waals surface area contributed by atoms with E-state index in [1.54, 1.807) is 45.0 Å². The third-order valence-corrected chi connectivity index (χ3v) is 6.56. The van der Waals surface area contributed by atoms with E-state index in [-0.39, 0.29) is 17.8 Å². The third kappa shape index (κ3) is 7.07. The smallest absolute Gasteiger partial charge is 0.463 e. The first-order chi connectivity index (χ1) is 16.2. The number of carbonyl (C=O) groups is 2. The second-order valence-corrected chi connectivity index (χ2v) is 11.4. The number of likely N-dealkylation sites (tertiary alicyclic amines) is 1. The molecule has 2 aliphatic heterocycles. The lowest BCUT2D eigenvalue weighted by atomic mass is 9.81. The van der Waals surface area contributed by atoms with E-state index in [4.69, 9.17) is 18.8 Å². The van der Waals surface area contributed by atoms with Gasteiger partial charge in [0.1, 0.15) is 11.6 Å². The average molecular weight is 490 g/mol. The monoisotopic (exact) mass is 490 g/mol. The van der Waals surface area contributed by atoms with Crippen LogP contribution in [0.2, 0.25) is 0 Å². The van der Waals surface area contributed by atoms with Crippen molar-refractivity contribution in [3.8, 4) is 6.01 Å². The lowest BCUT2D eigenvalue weighted by Gasteiger charge is -2.34. The zero-order valence-corrected chi connectivity index (χ0v) is 22.2. The number of carbonyl (C=O) groups excluding carboxylic acids is 2. The number of hydrogen-bond acceptors (Lipinski definition) is 8. The Bertz CT molecular complexity index is 886. The van der Waals surface area contributed by atoms with Gasteiger partial charge in [0.2, 0.25) is 5.91 Å². The number of hydrogen-bond donors (Lipinski definition) is 1. The van der Waals surface area contributed by atoms with Gasteiger partial charge in [-0.3, -0.25) is 4.79 Å². The minimum Gasteiger partial charge on any atom is -0.463 e. The zero-order chi connectivity index (χ0) is 26.0. The molecule has 2 fully saturated rings. The molecular formula is C24H39BN4O6. The largest absolute Gasteiger partial charge is 0.498 e. The molecule has 2 atom stereocenters. The third-order valence-electron chi connectivity index (χ3n) is 6.56. The summed E-state index contributed by atoms with van der Waals surface area (Å²) in [4.78, 5) is 35.2. The molecule has 2 amide bonds. The fraction of sp³-hybridized carbons (Fsp3) is 0.750. The molecule has 0 aromatic carbocycles. The van der Waals surface area contributed by atoms with Gasteiger partial charge in [0.25, 0.3) is 0 Å². The number of ether oxygens (including phenoxy) is 2. The zero-order valence-electron chi connectivity index (χ0n) is 22.2. The molecule has 35 heavy (non-hydrogen) atoms. The Morgan fingerprint density at radius 2 is 1.80 bits per heavy atom. The number of alkyl carbamates (subject to hydrolysis) is 1. The maximum absolute atomic E-state index is 12.8. The Morgan fingerprint density at radius 3 is 2.37 bits per heavy atom. The number of piperidine rings is 1. The molecule has 0 aliphatic carbocycles. The van der Waals surface area contributed by atoms with Crippen LogP contribution in [0.4, 0.5) is 4.79 Å². The molecule has 3 heterocycles. The number of rotatable bonds is 6. The summed E-state index contributed by atoms with van der Waals surface area (Å²) < 4.78 is 23.1. The Labute approximate surface area is 208 Å². The highest BCUT2D eigenvalue weighted by molar-refractivity contribution is 6.61. The fourth-order valence-electron chi connectivity index (χ4n) is 3.92. The van der Waals surface area contributed by atoms with Crippen LogP contribution in [0.5, 0.6) is 6.01 Å². The summed E-state index contributed by atoms with van der Waals surface area (Å²) in [7, 11) is -0.525. The van der Waals surface area contributed by atoms with Gasteiger partial charge in [0.05, 0.1) is 17.8 Å². The lowest BCUT2D eigenvalue weighted by Crippen LogP contribution is -2.51. The molecule has 0 spiro atoms. The Hall–Kier alpha value is -2.40. The Balaban J connectivity index is 1.48. The van der Waals surface area contributed by atoms with Gasteiger partial charge in [0.15, 0.2) is 0 Å². The van der Waals surface area contributed by atoms with Gasteiger partial charge in [-0.1, -0.05) is 0 Å². The van der Waals surface area contributed by atoms with E-state index in [0.29, 0.717) is 19.7 Å². The molecule has 11 heteroatoms. The summed E-state index contributed by atoms with van der Waals surface area (Å²) >= 11 is 0. The summed E-state index contributed by atoms with van der Waals surface area (Å²) in [5.41, 5.74) is -0.754. The summed E-state index contributed by atoms with van der Waals surface area (Å²) in [5.74, 6) is 0.0105. The van der Waals surface area contributed by atoms with Crippen molar-refractivity contribution >= 4 is 24.6 Å². The van der Waals surface area contributed by atoms with E-state index in [1.807, 2.05) is 27.7 Å². The first-order valence-electron chi connectivity index (χ1n) is 12.3. The topological polar surface area (TPSA) is 112 Å². The van der Waals surface area contributed by atoms with Crippen LogP contribution in [-0.4, -0.2) is 76.5 Å². The van der Waals surface area contributed by atoms with Gasteiger partial charge in [-0.15, -0.1) is 0 Å². The summed E-state index contributed by atoms with van der Waals surface area (Å²) in [5, 5.41) is 2.62. The minimum absolute atomic E-state index is 0.136. The fourth-order valence-corrected chi connectivity index (χ4v) is 3.92. The Morgan fingerprint density at radius 1 is 1.20 bits per heavy atom. The number of amides is 2. The van der Waals surface area contributed by atoms with Crippen molar-refractivity contribution in [2.75, 3.05) is 19.7 Å². The molecule has 0 bridgehead atoms. The number of aromatic nitrogens is 2. The number of nitrogens with one attached hydrogen (secondary N) is 1. The van der Waals surface area contributed by atoms with Crippen molar-refractivity contribution in [3.05, 3.63) is 12.4 Å². The van der Waals surface area contributed by atoms with E-state index in [9.17, 15) is 9.59 Å². The highest BCUT2D eigenvalue weighted by Crippen LogP contribution is 2.36. The average Bonchev–Trinajstić information content (AvgIpc) is 2.97. The quantitative estimate of drug-likeness (QED) is 0.605. The van der Waals surface area contributed by atoms with Gasteiger partial charge < -0.3 is 29.0 Å². The molecule has 2 aliphatic rings. The highest BCUT2D eigenvalue weighted by Gasteiger charge is 2.52. The van der Waals surface area contributed by atoms with Gasteiger partial charge >= 0.3 is 19.2 Å². The molecule has 1 aromatic heterocycles. The van der Waals surface area contributed by atoms with Crippen LogP contribution < -0.4 is 15.5 Å². The molecule has 1 aromatic rings. The summed E-state index contributed by atoms with van der Waals surface area (Å²) in [6.45, 7) is 16.6. The van der Waals surface area contributed by atoms with Gasteiger partial charge in [0, 0.05) is 36.9 Å². The van der Waals surface area contributed by atoms with E-state index in [1.165, 1.54) is 0 Å². The van der Waals surface area contributed by atoms with E-state index >= 15 is 0 Å². The molecule has 0 unspecified atom stereocenters. The normalized spacial score (nSPS) is 22.5. The van der Waals surface area contributed by atoms with Gasteiger partial charge in [-0.2, -0.15) is 0 Å². The minimum atomic E-state index is -0.671. The molecule has 2 saturated heterocycles. The van der Waals surface area contributed by atoms with Crippen LogP contribution in [0.3, 0.4) is 0 Å². The molecular weight excluding hydrogens is 451 g/mol. The van der Waals surface area contributed by atoms with Crippen LogP contribution in [0, 0.1) is 5.92 Å². The second-order valence-electron chi connectivity index (χ2n) is 11.4. The first-order valence-corrected chi connectivity index (χ1v) is 12.3. The molecule has 3 rings (SSSR count). The SMILES string of the molecule is C[C@@H](NC(=O)OC(C)(C)C)C(=O)N1CCC[C@@H](COc2ncc(B3OC(C)(C)C(C)(C)O3)cn2)C1.